The number of fused-ring (bicyclic) bond motifs is 1. The molecule has 0 bridgehead atoms. The van der Waals surface area contributed by atoms with Crippen molar-refractivity contribution in [2.24, 2.45) is 5.41 Å². The number of benzene rings is 1. The molecule has 0 aromatic heterocycles. The largest absolute Gasteiger partial charge is 0.295 e. The fourth-order valence-corrected chi connectivity index (χ4v) is 5.02. The molecule has 1 spiro atoms. The Morgan fingerprint density at radius 3 is 2.74 bits per heavy atom. The van der Waals surface area contributed by atoms with Crippen molar-refractivity contribution in [1.29, 1.82) is 0 Å². The number of carbonyl (C=O) groups excluding carboxylic acids is 1. The van der Waals surface area contributed by atoms with Gasteiger partial charge in [-0.05, 0) is 55.2 Å². The van der Waals surface area contributed by atoms with Crippen molar-refractivity contribution in [2.75, 3.05) is 6.54 Å². The average Bonchev–Trinajstić information content (AvgIpc) is 3.05. The van der Waals surface area contributed by atoms with Crippen LogP contribution in [-0.4, -0.2) is 28.6 Å². The van der Waals surface area contributed by atoms with Gasteiger partial charge in [-0.2, -0.15) is 0 Å². The van der Waals surface area contributed by atoms with Crippen molar-refractivity contribution in [3.05, 3.63) is 34.6 Å². The molecule has 1 aromatic carbocycles. The highest BCUT2D eigenvalue weighted by molar-refractivity contribution is 5.93. The second kappa shape index (κ2) is 5.56. The predicted octanol–water partition coefficient (Wildman–Crippen LogP) is 3.03. The minimum atomic E-state index is -0.655. The van der Waals surface area contributed by atoms with E-state index < -0.39 is 5.91 Å². The van der Waals surface area contributed by atoms with E-state index in [4.69, 9.17) is 5.21 Å². The Morgan fingerprint density at radius 2 is 2.09 bits per heavy atom. The van der Waals surface area contributed by atoms with Crippen LogP contribution in [0.15, 0.2) is 12.1 Å². The summed E-state index contributed by atoms with van der Waals surface area (Å²) in [6, 6.07) is 3.56. The van der Waals surface area contributed by atoms with E-state index in [1.807, 2.05) is 0 Å². The molecule has 1 unspecified atom stereocenters. The van der Waals surface area contributed by atoms with Gasteiger partial charge in [-0.15, -0.1) is 0 Å². The minimum absolute atomic E-state index is 0.188. The molecule has 124 valence electrons. The maximum atomic E-state index is 14.5. The number of rotatable bonds is 2. The smallest absolute Gasteiger partial charge is 0.274 e. The predicted molar refractivity (Wildman–Crippen MR) is 83.7 cm³/mol. The van der Waals surface area contributed by atoms with Gasteiger partial charge in [-0.25, -0.2) is 9.87 Å². The lowest BCUT2D eigenvalue weighted by atomic mass is 9.62. The molecule has 1 atom stereocenters. The fourth-order valence-electron chi connectivity index (χ4n) is 5.02. The molecule has 1 heterocycles. The van der Waals surface area contributed by atoms with Crippen molar-refractivity contribution < 1.29 is 14.4 Å². The number of amides is 1. The number of carbonyl (C=O) groups is 1. The van der Waals surface area contributed by atoms with Crippen LogP contribution in [0, 0.1) is 11.2 Å². The fraction of sp³-hybridized carbons (Fsp3) is 0.611. The molecular weight excluding hydrogens is 295 g/mol. The monoisotopic (exact) mass is 318 g/mol. The lowest BCUT2D eigenvalue weighted by molar-refractivity contribution is -0.0303. The van der Waals surface area contributed by atoms with E-state index >= 15 is 0 Å². The first kappa shape index (κ1) is 15.1. The number of hydrogen-bond acceptors (Lipinski definition) is 3. The molecule has 5 heteroatoms. The molecule has 2 aliphatic carbocycles. The van der Waals surface area contributed by atoms with Crippen molar-refractivity contribution in [3.63, 3.8) is 0 Å². The first-order valence-corrected chi connectivity index (χ1v) is 8.63. The summed E-state index contributed by atoms with van der Waals surface area (Å²) >= 11 is 0. The van der Waals surface area contributed by atoms with Gasteiger partial charge in [0.1, 0.15) is 5.82 Å². The van der Waals surface area contributed by atoms with Gasteiger partial charge in [0.25, 0.3) is 5.91 Å². The van der Waals surface area contributed by atoms with E-state index in [9.17, 15) is 9.18 Å². The molecule has 1 amide bonds. The molecule has 23 heavy (non-hydrogen) atoms. The van der Waals surface area contributed by atoms with Crippen molar-refractivity contribution in [1.82, 2.24) is 10.4 Å². The van der Waals surface area contributed by atoms with Crippen LogP contribution in [-0.2, 0) is 13.0 Å². The van der Waals surface area contributed by atoms with E-state index in [2.05, 4.69) is 4.90 Å². The summed E-state index contributed by atoms with van der Waals surface area (Å²) in [6.07, 6.45) is 8.69. The van der Waals surface area contributed by atoms with Crippen LogP contribution in [0.25, 0.3) is 0 Å². The Bertz CT molecular complexity index is 640. The van der Waals surface area contributed by atoms with E-state index in [1.54, 1.807) is 11.5 Å². The van der Waals surface area contributed by atoms with Crippen LogP contribution in [0.1, 0.15) is 60.0 Å². The minimum Gasteiger partial charge on any atom is -0.295 e. The summed E-state index contributed by atoms with van der Waals surface area (Å²) in [7, 11) is 0. The van der Waals surface area contributed by atoms with Gasteiger partial charge in [0.15, 0.2) is 0 Å². The van der Waals surface area contributed by atoms with E-state index in [0.29, 0.717) is 18.0 Å². The zero-order valence-electron chi connectivity index (χ0n) is 13.3. The molecule has 4 nitrogen and oxygen atoms in total. The zero-order valence-corrected chi connectivity index (χ0v) is 13.3. The number of hydroxylamine groups is 1. The van der Waals surface area contributed by atoms with Crippen LogP contribution in [0.5, 0.6) is 0 Å². The number of nitrogens with zero attached hydrogens (tertiary/aromatic N) is 1. The van der Waals surface area contributed by atoms with Gasteiger partial charge in [-0.3, -0.25) is 14.9 Å². The van der Waals surface area contributed by atoms with Crippen LogP contribution in [0.4, 0.5) is 4.39 Å². The third-order valence-corrected chi connectivity index (χ3v) is 6.34. The summed E-state index contributed by atoms with van der Waals surface area (Å²) in [6.45, 7) is 1.58. The van der Waals surface area contributed by atoms with E-state index in [-0.39, 0.29) is 11.4 Å². The third kappa shape index (κ3) is 2.37. The van der Waals surface area contributed by atoms with E-state index in [0.717, 1.165) is 24.1 Å². The SMILES string of the molecule is O=C(NO)c1cc(F)c2c(c1)CCN(C1CCC13CCCC3)C2. The Morgan fingerprint density at radius 1 is 1.30 bits per heavy atom. The lowest BCUT2D eigenvalue weighted by Crippen LogP contribution is -2.55. The Labute approximate surface area is 135 Å². The molecule has 2 fully saturated rings. The average molecular weight is 318 g/mol. The molecule has 2 N–H and O–H groups in total. The zero-order chi connectivity index (χ0) is 16.0. The number of nitrogens with one attached hydrogen (secondary N) is 1. The highest BCUT2D eigenvalue weighted by atomic mass is 19.1. The van der Waals surface area contributed by atoms with Crippen LogP contribution < -0.4 is 5.48 Å². The molecule has 0 radical (unpaired) electrons. The Balaban J connectivity index is 1.57. The quantitative estimate of drug-likeness (QED) is 0.651. The van der Waals surface area contributed by atoms with Gasteiger partial charge in [0, 0.05) is 30.3 Å². The molecule has 4 rings (SSSR count). The normalized spacial score (nSPS) is 25.9. The van der Waals surface area contributed by atoms with Crippen molar-refractivity contribution in [3.8, 4) is 0 Å². The summed E-state index contributed by atoms with van der Waals surface area (Å²) in [4.78, 5) is 14.0. The maximum Gasteiger partial charge on any atom is 0.274 e. The molecule has 3 aliphatic rings. The number of halogens is 1. The molecule has 0 saturated heterocycles. The summed E-state index contributed by atoms with van der Waals surface area (Å²) in [5.41, 5.74) is 3.90. The summed E-state index contributed by atoms with van der Waals surface area (Å²) in [5, 5.41) is 8.73. The number of hydrogen-bond donors (Lipinski definition) is 2. The van der Waals surface area contributed by atoms with Gasteiger partial charge in [0.05, 0.1) is 0 Å². The molecule has 2 saturated carbocycles. The second-order valence-electron chi connectivity index (χ2n) is 7.38. The first-order chi connectivity index (χ1) is 11.1. The maximum absolute atomic E-state index is 14.5. The standard InChI is InChI=1S/C18H23FN2O2/c19-15-10-13(17(22)20-23)9-12-4-8-21(11-14(12)15)16-3-7-18(16)5-1-2-6-18/h9-10,16,23H,1-8,11H2,(H,20,22). The second-order valence-corrected chi connectivity index (χ2v) is 7.38. The summed E-state index contributed by atoms with van der Waals surface area (Å²) in [5.74, 6) is -0.983. The highest BCUT2D eigenvalue weighted by Gasteiger charge is 2.50. The van der Waals surface area contributed by atoms with Crippen LogP contribution in [0.3, 0.4) is 0 Å². The van der Waals surface area contributed by atoms with Crippen LogP contribution >= 0.6 is 0 Å². The first-order valence-electron chi connectivity index (χ1n) is 8.63. The molecule has 1 aliphatic heterocycles. The Kier molecular flexibility index (Phi) is 3.65. The Hall–Kier alpha value is -1.46. The highest BCUT2D eigenvalue weighted by Crippen LogP contribution is 2.55. The molecular formula is C18H23FN2O2. The van der Waals surface area contributed by atoms with Crippen LogP contribution in [0.2, 0.25) is 0 Å². The molecule has 1 aromatic rings. The van der Waals surface area contributed by atoms with Crippen molar-refractivity contribution >= 4 is 5.91 Å². The van der Waals surface area contributed by atoms with Crippen molar-refractivity contribution in [2.45, 2.75) is 57.5 Å². The summed E-state index contributed by atoms with van der Waals surface area (Å²) < 4.78 is 14.5. The van der Waals surface area contributed by atoms with E-state index in [1.165, 1.54) is 44.6 Å². The van der Waals surface area contributed by atoms with Gasteiger partial charge in [-0.1, -0.05) is 12.8 Å². The van der Waals surface area contributed by atoms with Gasteiger partial charge < -0.3 is 0 Å². The topological polar surface area (TPSA) is 52.6 Å². The van der Waals surface area contributed by atoms with Gasteiger partial charge >= 0.3 is 0 Å². The third-order valence-electron chi connectivity index (χ3n) is 6.34. The lowest BCUT2D eigenvalue weighted by Gasteiger charge is -2.54. The van der Waals surface area contributed by atoms with Gasteiger partial charge in [0.2, 0.25) is 0 Å².